The largest absolute Gasteiger partial charge is 0.335 e. The number of carbonyl (C=O) groups is 2. The van der Waals surface area contributed by atoms with Crippen molar-refractivity contribution in [1.29, 1.82) is 0 Å². The highest BCUT2D eigenvalue weighted by Gasteiger charge is 2.23. The van der Waals surface area contributed by atoms with Gasteiger partial charge in [-0.25, -0.2) is 4.79 Å². The Labute approximate surface area is 94.7 Å². The molecule has 1 aliphatic rings. The second-order valence-electron chi connectivity index (χ2n) is 4.02. The Morgan fingerprint density at radius 3 is 2.60 bits per heavy atom. The lowest BCUT2D eigenvalue weighted by Gasteiger charge is -2.29. The van der Waals surface area contributed by atoms with Gasteiger partial charge in [0.2, 0.25) is 5.91 Å². The fourth-order valence-corrected chi connectivity index (χ4v) is 1.96. The van der Waals surface area contributed by atoms with Crippen molar-refractivity contribution in [3.8, 4) is 0 Å². The highest BCUT2D eigenvalue weighted by atomic mass is 35.5. The van der Waals surface area contributed by atoms with Crippen molar-refractivity contribution in [2.45, 2.75) is 38.6 Å². The summed E-state index contributed by atoms with van der Waals surface area (Å²) in [5, 5.41) is 4.98. The molecule has 1 saturated carbocycles. The Hall–Kier alpha value is -0.770. The predicted molar refractivity (Wildman–Crippen MR) is 58.8 cm³/mol. The van der Waals surface area contributed by atoms with Gasteiger partial charge >= 0.3 is 6.03 Å². The van der Waals surface area contributed by atoms with Crippen LogP contribution in [0.3, 0.4) is 0 Å². The fourth-order valence-electron chi connectivity index (χ4n) is 1.90. The minimum atomic E-state index is -0.461. The summed E-state index contributed by atoms with van der Waals surface area (Å²) in [4.78, 5) is 22.2. The number of amides is 3. The van der Waals surface area contributed by atoms with E-state index in [0.717, 1.165) is 19.3 Å². The van der Waals surface area contributed by atoms with Crippen molar-refractivity contribution in [1.82, 2.24) is 10.6 Å². The molecule has 4 nitrogen and oxygen atoms in total. The number of nitrogens with one attached hydrogen (secondary N) is 2. The molecule has 5 heteroatoms. The third kappa shape index (κ3) is 4.08. The lowest BCUT2D eigenvalue weighted by atomic mass is 9.86. The summed E-state index contributed by atoms with van der Waals surface area (Å²) in [6, 6.07) is -0.249. The number of carbonyl (C=O) groups excluding carboxylic acids is 2. The van der Waals surface area contributed by atoms with Crippen LogP contribution in [0.25, 0.3) is 0 Å². The summed E-state index contributed by atoms with van der Waals surface area (Å²) in [6.07, 6.45) is 4.48. The molecule has 0 unspecified atom stereocenters. The van der Waals surface area contributed by atoms with Gasteiger partial charge in [-0.1, -0.05) is 19.8 Å². The second kappa shape index (κ2) is 5.95. The van der Waals surface area contributed by atoms with E-state index >= 15 is 0 Å². The van der Waals surface area contributed by atoms with Crippen molar-refractivity contribution in [3.63, 3.8) is 0 Å². The molecule has 1 fully saturated rings. The van der Waals surface area contributed by atoms with E-state index in [2.05, 4.69) is 17.6 Å². The number of imide groups is 1. The van der Waals surface area contributed by atoms with Gasteiger partial charge in [0.1, 0.15) is 5.88 Å². The molecule has 0 saturated heterocycles. The summed E-state index contributed by atoms with van der Waals surface area (Å²) in [7, 11) is 0. The summed E-state index contributed by atoms with van der Waals surface area (Å²) >= 11 is 5.28. The maximum atomic E-state index is 11.3. The second-order valence-corrected chi connectivity index (χ2v) is 4.29. The molecule has 0 radical (unpaired) electrons. The van der Waals surface area contributed by atoms with Gasteiger partial charge in [0.25, 0.3) is 0 Å². The lowest BCUT2D eigenvalue weighted by molar-refractivity contribution is -0.117. The third-order valence-electron chi connectivity index (χ3n) is 2.80. The van der Waals surface area contributed by atoms with Crippen molar-refractivity contribution in [2.75, 3.05) is 5.88 Å². The third-order valence-corrected chi connectivity index (χ3v) is 3.05. The first-order chi connectivity index (χ1) is 7.13. The zero-order valence-corrected chi connectivity index (χ0v) is 9.64. The highest BCUT2D eigenvalue weighted by molar-refractivity contribution is 6.28. The van der Waals surface area contributed by atoms with Crippen molar-refractivity contribution in [3.05, 3.63) is 0 Å². The molecular weight excluding hydrogens is 216 g/mol. The van der Waals surface area contributed by atoms with Gasteiger partial charge < -0.3 is 5.32 Å². The number of halogens is 1. The van der Waals surface area contributed by atoms with Gasteiger partial charge in [0.05, 0.1) is 0 Å². The summed E-state index contributed by atoms with van der Waals surface area (Å²) in [6.45, 7) is 2.12. The van der Waals surface area contributed by atoms with Crippen LogP contribution in [0.2, 0.25) is 0 Å². The number of urea groups is 1. The molecule has 0 aromatic heterocycles. The maximum Gasteiger partial charge on any atom is 0.321 e. The van der Waals surface area contributed by atoms with Crippen LogP contribution in [0.15, 0.2) is 0 Å². The topological polar surface area (TPSA) is 58.2 Å². The molecule has 0 spiro atoms. The monoisotopic (exact) mass is 232 g/mol. The zero-order chi connectivity index (χ0) is 11.3. The van der Waals surface area contributed by atoms with Crippen LogP contribution in [0.1, 0.15) is 32.6 Å². The Morgan fingerprint density at radius 1 is 1.33 bits per heavy atom. The average molecular weight is 233 g/mol. The zero-order valence-electron chi connectivity index (χ0n) is 8.88. The van der Waals surface area contributed by atoms with Crippen LogP contribution in [-0.2, 0) is 4.79 Å². The standard InChI is InChI=1S/C10H17ClN2O2/c1-7-4-2-3-5-8(7)12-10(15)13-9(14)6-11/h7-8H,2-6H2,1H3,(H2,12,13,14,15)/t7-,8+/m0/s1. The summed E-state index contributed by atoms with van der Waals surface area (Å²) in [5.74, 6) is -0.165. The first-order valence-corrected chi connectivity index (χ1v) is 5.83. The Balaban J connectivity index is 2.33. The van der Waals surface area contributed by atoms with E-state index in [4.69, 9.17) is 11.6 Å². The molecule has 1 aliphatic carbocycles. The Kier molecular flexibility index (Phi) is 4.88. The Morgan fingerprint density at radius 2 is 2.00 bits per heavy atom. The van der Waals surface area contributed by atoms with Gasteiger partial charge in [-0.05, 0) is 18.8 Å². The number of hydrogen-bond acceptors (Lipinski definition) is 2. The van der Waals surface area contributed by atoms with Crippen LogP contribution in [0.4, 0.5) is 4.79 Å². The van der Waals surface area contributed by atoms with E-state index in [0.29, 0.717) is 5.92 Å². The van der Waals surface area contributed by atoms with Gasteiger partial charge in [-0.3, -0.25) is 10.1 Å². The molecule has 86 valence electrons. The number of hydrogen-bond donors (Lipinski definition) is 2. The molecule has 3 amide bonds. The minimum Gasteiger partial charge on any atom is -0.335 e. The normalized spacial score (nSPS) is 25.7. The average Bonchev–Trinajstić information content (AvgIpc) is 2.21. The number of rotatable bonds is 2. The predicted octanol–water partition coefficient (Wildman–Crippen LogP) is 1.63. The van der Waals surface area contributed by atoms with Crippen LogP contribution in [0.5, 0.6) is 0 Å². The van der Waals surface area contributed by atoms with Gasteiger partial charge in [0, 0.05) is 6.04 Å². The number of alkyl halides is 1. The molecule has 2 atom stereocenters. The molecule has 0 aromatic carbocycles. The van der Waals surface area contributed by atoms with E-state index in [-0.39, 0.29) is 11.9 Å². The fraction of sp³-hybridized carbons (Fsp3) is 0.800. The highest BCUT2D eigenvalue weighted by Crippen LogP contribution is 2.23. The first kappa shape index (κ1) is 12.3. The first-order valence-electron chi connectivity index (χ1n) is 5.29. The summed E-state index contributed by atoms with van der Waals surface area (Å²) in [5.41, 5.74) is 0. The van der Waals surface area contributed by atoms with Crippen LogP contribution in [-0.4, -0.2) is 23.9 Å². The Bertz CT molecular complexity index is 246. The van der Waals surface area contributed by atoms with E-state index in [9.17, 15) is 9.59 Å². The molecule has 1 rings (SSSR count). The molecule has 0 aromatic rings. The van der Waals surface area contributed by atoms with Crippen LogP contribution >= 0.6 is 11.6 Å². The maximum absolute atomic E-state index is 11.3. The van der Waals surface area contributed by atoms with E-state index in [1.54, 1.807) is 0 Å². The van der Waals surface area contributed by atoms with Gasteiger partial charge in [-0.2, -0.15) is 0 Å². The molecule has 15 heavy (non-hydrogen) atoms. The summed E-state index contributed by atoms with van der Waals surface area (Å²) < 4.78 is 0. The van der Waals surface area contributed by atoms with E-state index in [1.807, 2.05) is 0 Å². The quantitative estimate of drug-likeness (QED) is 0.711. The van der Waals surface area contributed by atoms with Crippen molar-refractivity contribution < 1.29 is 9.59 Å². The van der Waals surface area contributed by atoms with Crippen LogP contribution < -0.4 is 10.6 Å². The molecule has 0 aliphatic heterocycles. The van der Waals surface area contributed by atoms with Crippen molar-refractivity contribution in [2.24, 2.45) is 5.92 Å². The minimum absolute atomic E-state index is 0.182. The SMILES string of the molecule is C[C@H]1CCCC[C@H]1NC(=O)NC(=O)CCl. The molecule has 0 bridgehead atoms. The van der Waals surface area contributed by atoms with E-state index in [1.165, 1.54) is 6.42 Å². The molecule has 2 N–H and O–H groups in total. The smallest absolute Gasteiger partial charge is 0.321 e. The van der Waals surface area contributed by atoms with E-state index < -0.39 is 11.9 Å². The van der Waals surface area contributed by atoms with Gasteiger partial charge in [-0.15, -0.1) is 11.6 Å². The van der Waals surface area contributed by atoms with Crippen LogP contribution in [0, 0.1) is 5.92 Å². The van der Waals surface area contributed by atoms with Gasteiger partial charge in [0.15, 0.2) is 0 Å². The molecule has 0 heterocycles. The van der Waals surface area contributed by atoms with Crippen molar-refractivity contribution >= 4 is 23.5 Å². The molecular formula is C10H17ClN2O2. The lowest BCUT2D eigenvalue weighted by Crippen LogP contribution is -2.48.